The van der Waals surface area contributed by atoms with Crippen molar-refractivity contribution in [3.8, 4) is 0 Å². The minimum absolute atomic E-state index is 0.0251. The Morgan fingerprint density at radius 1 is 1.13 bits per heavy atom. The number of amides is 3. The number of carbonyl (C=O) groups excluding carboxylic acids is 2. The Morgan fingerprint density at radius 3 is 2.33 bits per heavy atom. The summed E-state index contributed by atoms with van der Waals surface area (Å²) in [7, 11) is 0. The maximum Gasteiger partial charge on any atom is 0.317 e. The van der Waals surface area contributed by atoms with Crippen LogP contribution in [0.5, 0.6) is 0 Å². The van der Waals surface area contributed by atoms with Gasteiger partial charge in [0, 0.05) is 39.6 Å². The molecule has 3 amide bonds. The van der Waals surface area contributed by atoms with Gasteiger partial charge in [-0.3, -0.25) is 4.79 Å². The van der Waals surface area contributed by atoms with Gasteiger partial charge in [-0.1, -0.05) is 0 Å². The van der Waals surface area contributed by atoms with E-state index in [-0.39, 0.29) is 11.9 Å². The van der Waals surface area contributed by atoms with E-state index in [1.165, 1.54) is 0 Å². The molecule has 1 aliphatic heterocycles. The van der Waals surface area contributed by atoms with E-state index in [2.05, 4.69) is 5.32 Å². The van der Waals surface area contributed by atoms with Crippen molar-refractivity contribution >= 4 is 11.9 Å². The summed E-state index contributed by atoms with van der Waals surface area (Å²) in [6.45, 7) is 6.88. The number of urea groups is 1. The minimum Gasteiger partial charge on any atom is -0.341 e. The Labute approximate surface area is 90.4 Å². The van der Waals surface area contributed by atoms with Crippen LogP contribution in [0.2, 0.25) is 0 Å². The average Bonchev–Trinajstić information content (AvgIpc) is 2.43. The molecule has 1 aliphatic rings. The summed E-state index contributed by atoms with van der Waals surface area (Å²) in [6.07, 6.45) is 0.858. The van der Waals surface area contributed by atoms with Crippen LogP contribution in [0, 0.1) is 0 Å². The van der Waals surface area contributed by atoms with Crippen molar-refractivity contribution in [2.75, 3.05) is 32.7 Å². The molecular weight excluding hydrogens is 194 g/mol. The number of rotatable bonds is 1. The quantitative estimate of drug-likeness (QED) is 0.679. The van der Waals surface area contributed by atoms with E-state index in [9.17, 15) is 9.59 Å². The predicted octanol–water partition coefficient (Wildman–Crippen LogP) is 0.270. The molecular formula is C10H19N3O2. The fourth-order valence-corrected chi connectivity index (χ4v) is 1.70. The molecule has 0 unspecified atom stereocenters. The average molecular weight is 213 g/mol. The second-order valence-electron chi connectivity index (χ2n) is 3.68. The summed E-state index contributed by atoms with van der Waals surface area (Å²) >= 11 is 0. The number of nitrogens with zero attached hydrogens (tertiary/aromatic N) is 2. The Hall–Kier alpha value is -1.26. The Bertz CT molecular complexity index is 243. The number of carbonyl (C=O) groups is 2. The van der Waals surface area contributed by atoms with Gasteiger partial charge in [-0.25, -0.2) is 4.79 Å². The molecule has 0 aromatic heterocycles. The van der Waals surface area contributed by atoms with Crippen LogP contribution in [0.3, 0.4) is 0 Å². The van der Waals surface area contributed by atoms with Crippen LogP contribution >= 0.6 is 0 Å². The summed E-state index contributed by atoms with van der Waals surface area (Å²) in [6, 6.07) is -0.0251. The number of hydrogen-bond donors (Lipinski definition) is 1. The third-order valence-corrected chi connectivity index (χ3v) is 2.56. The van der Waals surface area contributed by atoms with Gasteiger partial charge in [-0.05, 0) is 13.3 Å². The first kappa shape index (κ1) is 11.8. The van der Waals surface area contributed by atoms with E-state index in [1.807, 2.05) is 6.92 Å². The van der Waals surface area contributed by atoms with E-state index in [4.69, 9.17) is 0 Å². The smallest absolute Gasteiger partial charge is 0.317 e. The van der Waals surface area contributed by atoms with Gasteiger partial charge in [0.1, 0.15) is 0 Å². The fraction of sp³-hybridized carbons (Fsp3) is 0.800. The molecule has 0 radical (unpaired) electrons. The van der Waals surface area contributed by atoms with Crippen molar-refractivity contribution in [1.82, 2.24) is 15.1 Å². The molecule has 86 valence electrons. The van der Waals surface area contributed by atoms with Gasteiger partial charge in [0.15, 0.2) is 0 Å². The maximum absolute atomic E-state index is 11.5. The first-order chi connectivity index (χ1) is 7.15. The zero-order valence-corrected chi connectivity index (χ0v) is 9.45. The standard InChI is InChI=1S/C10H19N3O2/c1-3-11-10(15)13-6-4-5-12(7-8-13)9(2)14/h3-8H2,1-2H3,(H,11,15). The van der Waals surface area contributed by atoms with Gasteiger partial charge < -0.3 is 15.1 Å². The van der Waals surface area contributed by atoms with E-state index in [1.54, 1.807) is 16.7 Å². The van der Waals surface area contributed by atoms with Gasteiger partial charge in [-0.2, -0.15) is 0 Å². The van der Waals surface area contributed by atoms with Crippen LogP contribution in [-0.2, 0) is 4.79 Å². The number of hydrogen-bond acceptors (Lipinski definition) is 2. The van der Waals surface area contributed by atoms with Crippen LogP contribution in [0.25, 0.3) is 0 Å². The molecule has 0 aromatic carbocycles. The lowest BCUT2D eigenvalue weighted by atomic mass is 10.4. The van der Waals surface area contributed by atoms with Crippen LogP contribution in [0.1, 0.15) is 20.3 Å². The van der Waals surface area contributed by atoms with Crippen molar-refractivity contribution in [2.24, 2.45) is 0 Å². The van der Waals surface area contributed by atoms with Crippen LogP contribution < -0.4 is 5.32 Å². The Kier molecular flexibility index (Phi) is 4.39. The molecule has 5 nitrogen and oxygen atoms in total. The molecule has 1 fully saturated rings. The monoisotopic (exact) mass is 213 g/mol. The molecule has 1 N–H and O–H groups in total. The molecule has 1 rings (SSSR count). The van der Waals surface area contributed by atoms with Crippen LogP contribution in [0.4, 0.5) is 4.79 Å². The van der Waals surface area contributed by atoms with E-state index in [0.717, 1.165) is 19.5 Å². The van der Waals surface area contributed by atoms with E-state index in [0.29, 0.717) is 19.6 Å². The molecule has 15 heavy (non-hydrogen) atoms. The van der Waals surface area contributed by atoms with Gasteiger partial charge >= 0.3 is 6.03 Å². The summed E-state index contributed by atoms with van der Waals surface area (Å²) in [4.78, 5) is 26.3. The lowest BCUT2D eigenvalue weighted by molar-refractivity contribution is -0.128. The Morgan fingerprint density at radius 2 is 1.73 bits per heavy atom. The summed E-state index contributed by atoms with van der Waals surface area (Å²) in [5, 5.41) is 2.77. The maximum atomic E-state index is 11.5. The second kappa shape index (κ2) is 5.58. The molecule has 0 aromatic rings. The van der Waals surface area contributed by atoms with Gasteiger partial charge in [-0.15, -0.1) is 0 Å². The van der Waals surface area contributed by atoms with Crippen molar-refractivity contribution < 1.29 is 9.59 Å². The largest absolute Gasteiger partial charge is 0.341 e. The third-order valence-electron chi connectivity index (χ3n) is 2.56. The highest BCUT2D eigenvalue weighted by Crippen LogP contribution is 2.03. The molecule has 0 saturated carbocycles. The SMILES string of the molecule is CCNC(=O)N1CCCN(C(C)=O)CC1. The lowest BCUT2D eigenvalue weighted by Gasteiger charge is -2.21. The summed E-state index contributed by atoms with van der Waals surface area (Å²) in [5.41, 5.74) is 0. The van der Waals surface area contributed by atoms with Gasteiger partial charge in [0.2, 0.25) is 5.91 Å². The van der Waals surface area contributed by atoms with E-state index >= 15 is 0 Å². The normalized spacial score (nSPS) is 17.2. The Balaban J connectivity index is 2.45. The van der Waals surface area contributed by atoms with Gasteiger partial charge in [0.25, 0.3) is 0 Å². The van der Waals surface area contributed by atoms with E-state index < -0.39 is 0 Å². The molecule has 1 heterocycles. The molecule has 0 aliphatic carbocycles. The molecule has 0 spiro atoms. The summed E-state index contributed by atoms with van der Waals surface area (Å²) < 4.78 is 0. The lowest BCUT2D eigenvalue weighted by Crippen LogP contribution is -2.42. The van der Waals surface area contributed by atoms with Crippen LogP contribution in [-0.4, -0.2) is 54.5 Å². The highest BCUT2D eigenvalue weighted by Gasteiger charge is 2.19. The van der Waals surface area contributed by atoms with Crippen molar-refractivity contribution in [3.05, 3.63) is 0 Å². The minimum atomic E-state index is -0.0251. The van der Waals surface area contributed by atoms with Crippen LogP contribution in [0.15, 0.2) is 0 Å². The zero-order valence-electron chi connectivity index (χ0n) is 9.45. The zero-order chi connectivity index (χ0) is 11.3. The first-order valence-electron chi connectivity index (χ1n) is 5.43. The highest BCUT2D eigenvalue weighted by molar-refractivity contribution is 5.75. The van der Waals surface area contributed by atoms with Crippen molar-refractivity contribution in [3.63, 3.8) is 0 Å². The summed E-state index contributed by atoms with van der Waals surface area (Å²) in [5.74, 6) is 0.0905. The molecule has 0 atom stereocenters. The number of nitrogens with one attached hydrogen (secondary N) is 1. The molecule has 5 heteroatoms. The van der Waals surface area contributed by atoms with Crippen molar-refractivity contribution in [2.45, 2.75) is 20.3 Å². The highest BCUT2D eigenvalue weighted by atomic mass is 16.2. The van der Waals surface area contributed by atoms with Crippen molar-refractivity contribution in [1.29, 1.82) is 0 Å². The van der Waals surface area contributed by atoms with Gasteiger partial charge in [0.05, 0.1) is 0 Å². The third kappa shape index (κ3) is 3.42. The second-order valence-corrected chi connectivity index (χ2v) is 3.68. The fourth-order valence-electron chi connectivity index (χ4n) is 1.70. The molecule has 1 saturated heterocycles. The first-order valence-corrected chi connectivity index (χ1v) is 5.43. The molecule has 0 bridgehead atoms. The predicted molar refractivity (Wildman–Crippen MR) is 57.5 cm³/mol. The topological polar surface area (TPSA) is 52.7 Å².